The maximum absolute atomic E-state index is 6.35. The van der Waals surface area contributed by atoms with Crippen LogP contribution in [0.25, 0.3) is 0 Å². The summed E-state index contributed by atoms with van der Waals surface area (Å²) in [5.74, 6) is 3.65. The van der Waals surface area contributed by atoms with Gasteiger partial charge in [-0.2, -0.15) is 0 Å². The number of fused-ring (bicyclic) bond motifs is 1. The molecular formula is C19H26ClN5. The van der Waals surface area contributed by atoms with E-state index < -0.39 is 0 Å². The molecule has 0 radical (unpaired) electrons. The van der Waals surface area contributed by atoms with Crippen LogP contribution < -0.4 is 4.90 Å². The van der Waals surface area contributed by atoms with Gasteiger partial charge in [-0.15, -0.1) is 0 Å². The molecule has 134 valence electrons. The Morgan fingerprint density at radius 3 is 2.72 bits per heavy atom. The van der Waals surface area contributed by atoms with Gasteiger partial charge >= 0.3 is 0 Å². The van der Waals surface area contributed by atoms with Gasteiger partial charge in [-0.1, -0.05) is 18.5 Å². The Morgan fingerprint density at radius 1 is 1.16 bits per heavy atom. The second-order valence-electron chi connectivity index (χ2n) is 7.20. The molecule has 0 unspecified atom stereocenters. The summed E-state index contributed by atoms with van der Waals surface area (Å²) in [7, 11) is 0. The van der Waals surface area contributed by atoms with Crippen molar-refractivity contribution in [2.24, 2.45) is 0 Å². The number of hydrogen-bond donors (Lipinski definition) is 0. The lowest BCUT2D eigenvalue weighted by molar-refractivity contribution is 0.439. The molecule has 2 aromatic rings. The van der Waals surface area contributed by atoms with Gasteiger partial charge in [0.15, 0.2) is 0 Å². The predicted molar refractivity (Wildman–Crippen MR) is 101 cm³/mol. The summed E-state index contributed by atoms with van der Waals surface area (Å²) in [5, 5.41) is 0.606. The molecule has 1 fully saturated rings. The fourth-order valence-corrected chi connectivity index (χ4v) is 4.59. The third-order valence-electron chi connectivity index (χ3n) is 5.59. The lowest BCUT2D eigenvalue weighted by Gasteiger charge is -2.34. The van der Waals surface area contributed by atoms with Crippen molar-refractivity contribution in [1.29, 1.82) is 0 Å². The first kappa shape index (κ1) is 16.8. The van der Waals surface area contributed by atoms with E-state index in [1.165, 1.54) is 30.8 Å². The number of piperidine rings is 1. The molecular weight excluding hydrogens is 334 g/mol. The van der Waals surface area contributed by atoms with Crippen LogP contribution in [0.5, 0.6) is 0 Å². The zero-order valence-corrected chi connectivity index (χ0v) is 15.9. The first-order valence-electron chi connectivity index (χ1n) is 9.49. The van der Waals surface area contributed by atoms with Crippen molar-refractivity contribution in [2.75, 3.05) is 18.0 Å². The number of imidazole rings is 1. The maximum atomic E-state index is 6.35. The Bertz CT molecular complexity index is 761. The molecule has 0 saturated carbocycles. The number of aromatic nitrogens is 4. The highest BCUT2D eigenvalue weighted by Gasteiger charge is 2.28. The number of rotatable bonds is 3. The highest BCUT2D eigenvalue weighted by Crippen LogP contribution is 2.33. The number of aryl methyl sites for hydroxylation is 2. The monoisotopic (exact) mass is 359 g/mol. The molecule has 0 N–H and O–H groups in total. The summed E-state index contributed by atoms with van der Waals surface area (Å²) in [5.41, 5.74) is 2.50. The van der Waals surface area contributed by atoms with Gasteiger partial charge in [0.05, 0.1) is 0 Å². The van der Waals surface area contributed by atoms with Gasteiger partial charge in [-0.25, -0.2) is 15.0 Å². The minimum absolute atomic E-state index is 0.562. The third kappa shape index (κ3) is 3.14. The van der Waals surface area contributed by atoms with E-state index in [0.29, 0.717) is 11.1 Å². The van der Waals surface area contributed by atoms with Gasteiger partial charge in [-0.3, -0.25) is 0 Å². The van der Waals surface area contributed by atoms with Crippen LogP contribution in [0.1, 0.15) is 61.4 Å². The third-order valence-corrected chi connectivity index (χ3v) is 5.91. The Labute approximate surface area is 154 Å². The number of hydrogen-bond acceptors (Lipinski definition) is 4. The maximum Gasteiger partial charge on any atom is 0.138 e. The van der Waals surface area contributed by atoms with E-state index in [1.807, 2.05) is 6.92 Å². The predicted octanol–water partition coefficient (Wildman–Crippen LogP) is 3.92. The lowest BCUT2D eigenvalue weighted by atomic mass is 9.95. The quantitative estimate of drug-likeness (QED) is 0.779. The molecule has 1 saturated heterocycles. The first-order valence-corrected chi connectivity index (χ1v) is 9.87. The second kappa shape index (κ2) is 6.94. The SMILES string of the molecule is CCc1c(Cl)nc(C)nc1N1CCC(c2ncc3n2CCCC3)CC1. The van der Waals surface area contributed by atoms with Crippen LogP contribution in [0, 0.1) is 6.92 Å². The zero-order valence-electron chi connectivity index (χ0n) is 15.1. The Balaban J connectivity index is 1.52. The van der Waals surface area contributed by atoms with Crippen molar-refractivity contribution < 1.29 is 0 Å². The summed E-state index contributed by atoms with van der Waals surface area (Å²) >= 11 is 6.35. The molecule has 0 aromatic carbocycles. The van der Waals surface area contributed by atoms with Gasteiger partial charge in [0.1, 0.15) is 22.6 Å². The average Bonchev–Trinajstić information content (AvgIpc) is 3.05. The fraction of sp³-hybridized carbons (Fsp3) is 0.632. The molecule has 6 heteroatoms. The van der Waals surface area contributed by atoms with Crippen molar-refractivity contribution in [3.63, 3.8) is 0 Å². The summed E-state index contributed by atoms with van der Waals surface area (Å²) in [6.07, 6.45) is 8.99. The molecule has 0 aliphatic carbocycles. The van der Waals surface area contributed by atoms with E-state index in [9.17, 15) is 0 Å². The minimum atomic E-state index is 0.562. The minimum Gasteiger partial charge on any atom is -0.356 e. The lowest BCUT2D eigenvalue weighted by Crippen LogP contribution is -2.35. The van der Waals surface area contributed by atoms with E-state index in [1.54, 1.807) is 0 Å². The molecule has 2 aliphatic rings. The van der Waals surface area contributed by atoms with Gasteiger partial charge in [0.2, 0.25) is 0 Å². The molecule has 2 aliphatic heterocycles. The van der Waals surface area contributed by atoms with Crippen molar-refractivity contribution >= 4 is 17.4 Å². The van der Waals surface area contributed by atoms with E-state index in [-0.39, 0.29) is 0 Å². The number of anilines is 1. The van der Waals surface area contributed by atoms with Crippen molar-refractivity contribution in [1.82, 2.24) is 19.5 Å². The first-order chi connectivity index (χ1) is 12.2. The summed E-state index contributed by atoms with van der Waals surface area (Å²) in [6, 6.07) is 0. The van der Waals surface area contributed by atoms with Crippen LogP contribution in [-0.2, 0) is 19.4 Å². The Kier molecular flexibility index (Phi) is 4.67. The molecule has 5 nitrogen and oxygen atoms in total. The smallest absolute Gasteiger partial charge is 0.138 e. The van der Waals surface area contributed by atoms with E-state index in [4.69, 9.17) is 21.6 Å². The highest BCUT2D eigenvalue weighted by molar-refractivity contribution is 6.30. The molecule has 4 rings (SSSR count). The fourth-order valence-electron chi connectivity index (χ4n) is 4.25. The van der Waals surface area contributed by atoms with E-state index >= 15 is 0 Å². The van der Waals surface area contributed by atoms with Crippen molar-refractivity contribution in [3.8, 4) is 0 Å². The van der Waals surface area contributed by atoms with Gasteiger partial charge in [0, 0.05) is 43.0 Å². The molecule has 0 atom stereocenters. The van der Waals surface area contributed by atoms with Crippen molar-refractivity contribution in [3.05, 3.63) is 34.3 Å². The van der Waals surface area contributed by atoms with Crippen LogP contribution in [0.3, 0.4) is 0 Å². The Hall–Kier alpha value is -1.62. The van der Waals surface area contributed by atoms with Crippen LogP contribution in [0.15, 0.2) is 6.20 Å². The highest BCUT2D eigenvalue weighted by atomic mass is 35.5. The van der Waals surface area contributed by atoms with Gasteiger partial charge < -0.3 is 9.47 Å². The molecule has 25 heavy (non-hydrogen) atoms. The molecule has 4 heterocycles. The molecule has 0 amide bonds. The number of halogens is 1. The van der Waals surface area contributed by atoms with Crippen LogP contribution in [0.2, 0.25) is 5.15 Å². The van der Waals surface area contributed by atoms with Gasteiger partial charge in [0.25, 0.3) is 0 Å². The average molecular weight is 360 g/mol. The van der Waals surface area contributed by atoms with Crippen LogP contribution in [-0.4, -0.2) is 32.6 Å². The standard InChI is InChI=1S/C19H26ClN5/c1-3-16-17(20)22-13(2)23-19(16)24-10-7-14(8-11-24)18-21-12-15-6-4-5-9-25(15)18/h12,14H,3-11H2,1-2H3. The van der Waals surface area contributed by atoms with Crippen LogP contribution in [0.4, 0.5) is 5.82 Å². The zero-order chi connectivity index (χ0) is 17.4. The topological polar surface area (TPSA) is 46.8 Å². The Morgan fingerprint density at radius 2 is 1.96 bits per heavy atom. The van der Waals surface area contributed by atoms with E-state index in [0.717, 1.165) is 56.1 Å². The summed E-state index contributed by atoms with van der Waals surface area (Å²) in [6.45, 7) is 7.19. The van der Waals surface area contributed by atoms with Crippen LogP contribution >= 0.6 is 11.6 Å². The summed E-state index contributed by atoms with van der Waals surface area (Å²) < 4.78 is 2.48. The molecule has 0 bridgehead atoms. The second-order valence-corrected chi connectivity index (χ2v) is 7.55. The van der Waals surface area contributed by atoms with Crippen molar-refractivity contribution in [2.45, 2.75) is 64.8 Å². The summed E-state index contributed by atoms with van der Waals surface area (Å²) in [4.78, 5) is 16.2. The molecule has 2 aromatic heterocycles. The normalized spacial score (nSPS) is 18.4. The molecule has 0 spiro atoms. The number of nitrogens with zero attached hydrogens (tertiary/aromatic N) is 5. The van der Waals surface area contributed by atoms with E-state index in [2.05, 4.69) is 27.6 Å². The van der Waals surface area contributed by atoms with Gasteiger partial charge in [-0.05, 0) is 45.4 Å². The largest absolute Gasteiger partial charge is 0.356 e.